The highest BCUT2D eigenvalue weighted by atomic mass is 32.2. The van der Waals surface area contributed by atoms with Crippen molar-refractivity contribution in [2.75, 3.05) is 33.2 Å². The first-order valence-corrected chi connectivity index (χ1v) is 9.25. The summed E-state index contributed by atoms with van der Waals surface area (Å²) in [4.78, 5) is 2.19. The van der Waals surface area contributed by atoms with Gasteiger partial charge >= 0.3 is 0 Å². The fourth-order valence-corrected chi connectivity index (χ4v) is 5.09. The maximum absolute atomic E-state index is 12.6. The van der Waals surface area contributed by atoms with Gasteiger partial charge in [0.25, 0.3) is 10.0 Å². The summed E-state index contributed by atoms with van der Waals surface area (Å²) in [6, 6.07) is 2.06. The molecule has 1 atom stereocenters. The molecule has 1 aromatic heterocycles. The Kier molecular flexibility index (Phi) is 5.19. The van der Waals surface area contributed by atoms with Gasteiger partial charge in [-0.1, -0.05) is 6.92 Å². The van der Waals surface area contributed by atoms with E-state index in [1.54, 1.807) is 10.4 Å². The summed E-state index contributed by atoms with van der Waals surface area (Å²) in [5, 5.41) is 5.14. The van der Waals surface area contributed by atoms with Gasteiger partial charge in [-0.25, -0.2) is 8.42 Å². The maximum Gasteiger partial charge on any atom is 0.252 e. The average Bonchev–Trinajstić information content (AvgIpc) is 2.89. The van der Waals surface area contributed by atoms with Gasteiger partial charge in [-0.2, -0.15) is 4.31 Å². The van der Waals surface area contributed by atoms with E-state index in [-0.39, 0.29) is 6.04 Å². The Labute approximate surface area is 125 Å². The molecule has 2 rings (SSSR count). The average molecular weight is 317 g/mol. The first-order chi connectivity index (χ1) is 9.45. The predicted octanol–water partition coefficient (Wildman–Crippen LogP) is 1.18. The highest BCUT2D eigenvalue weighted by molar-refractivity contribution is 7.91. The Morgan fingerprint density at radius 3 is 2.85 bits per heavy atom. The second kappa shape index (κ2) is 6.53. The topological polar surface area (TPSA) is 52.7 Å². The monoisotopic (exact) mass is 317 g/mol. The summed E-state index contributed by atoms with van der Waals surface area (Å²) < 4.78 is 27.3. The zero-order valence-corrected chi connectivity index (χ0v) is 13.9. The normalized spacial score (nSPS) is 22.2. The summed E-state index contributed by atoms with van der Waals surface area (Å²) in [5.41, 5.74) is 1.04. The quantitative estimate of drug-likeness (QED) is 0.886. The molecular weight excluding hydrogens is 294 g/mol. The number of thiophene rings is 1. The molecule has 1 N–H and O–H groups in total. The van der Waals surface area contributed by atoms with Crippen LogP contribution in [-0.4, -0.2) is 56.9 Å². The van der Waals surface area contributed by atoms with Crippen molar-refractivity contribution in [3.63, 3.8) is 0 Å². The highest BCUT2D eigenvalue weighted by Gasteiger charge is 2.31. The summed E-state index contributed by atoms with van der Waals surface area (Å²) in [7, 11) is -1.29. The smallest absolute Gasteiger partial charge is 0.252 e. The van der Waals surface area contributed by atoms with Crippen LogP contribution in [0, 0.1) is 0 Å². The lowest BCUT2D eigenvalue weighted by Crippen LogP contribution is -2.51. The van der Waals surface area contributed by atoms with Gasteiger partial charge in [0.15, 0.2) is 0 Å². The first-order valence-electron chi connectivity index (χ1n) is 6.93. The lowest BCUT2D eigenvalue weighted by atomic mass is 10.2. The van der Waals surface area contributed by atoms with Crippen molar-refractivity contribution >= 4 is 21.4 Å². The summed E-state index contributed by atoms with van der Waals surface area (Å²) >= 11 is 1.32. The van der Waals surface area contributed by atoms with E-state index in [9.17, 15) is 8.42 Å². The molecule has 7 heteroatoms. The largest absolute Gasteiger partial charge is 0.313 e. The van der Waals surface area contributed by atoms with Crippen LogP contribution >= 0.6 is 11.3 Å². The molecule has 2 heterocycles. The third-order valence-electron chi connectivity index (χ3n) is 3.73. The Balaban J connectivity index is 2.12. The van der Waals surface area contributed by atoms with Crippen molar-refractivity contribution in [1.29, 1.82) is 0 Å². The Morgan fingerprint density at radius 1 is 1.45 bits per heavy atom. The van der Waals surface area contributed by atoms with E-state index in [4.69, 9.17) is 0 Å². The van der Waals surface area contributed by atoms with Gasteiger partial charge < -0.3 is 10.2 Å². The maximum atomic E-state index is 12.6. The molecule has 1 unspecified atom stereocenters. The lowest BCUT2D eigenvalue weighted by Gasteiger charge is -2.36. The molecule has 114 valence electrons. The standard InChI is InChI=1S/C13H23N3O2S2/c1-4-14-8-12-7-13(19-10-12)20(17,18)16-6-5-15(3)11(2)9-16/h7,10-11,14H,4-6,8-9H2,1-3H3. The molecule has 0 spiro atoms. The van der Waals surface area contributed by atoms with Crippen molar-refractivity contribution in [2.45, 2.75) is 30.6 Å². The number of nitrogens with zero attached hydrogens (tertiary/aromatic N) is 2. The molecule has 0 saturated carbocycles. The molecule has 1 fully saturated rings. The van der Waals surface area contributed by atoms with Crippen LogP contribution in [0.15, 0.2) is 15.7 Å². The van der Waals surface area contributed by atoms with Crippen LogP contribution in [0.25, 0.3) is 0 Å². The molecule has 1 aromatic rings. The highest BCUT2D eigenvalue weighted by Crippen LogP contribution is 2.25. The van der Waals surface area contributed by atoms with Gasteiger partial charge in [-0.15, -0.1) is 11.3 Å². The number of hydrogen-bond acceptors (Lipinski definition) is 5. The van der Waals surface area contributed by atoms with Crippen LogP contribution in [0.4, 0.5) is 0 Å². The van der Waals surface area contributed by atoms with E-state index >= 15 is 0 Å². The minimum absolute atomic E-state index is 0.264. The molecule has 20 heavy (non-hydrogen) atoms. The van der Waals surface area contributed by atoms with Gasteiger partial charge in [-0.05, 0) is 37.5 Å². The Morgan fingerprint density at radius 2 is 2.20 bits per heavy atom. The number of likely N-dealkylation sites (N-methyl/N-ethyl adjacent to an activating group) is 1. The molecular formula is C13H23N3O2S2. The molecule has 0 amide bonds. The van der Waals surface area contributed by atoms with Crippen LogP contribution in [0.3, 0.4) is 0 Å². The molecule has 0 aromatic carbocycles. The third kappa shape index (κ3) is 3.40. The van der Waals surface area contributed by atoms with Crippen LogP contribution in [0.5, 0.6) is 0 Å². The SMILES string of the molecule is CCNCc1csc(S(=O)(=O)N2CCN(C)C(C)C2)c1. The third-order valence-corrected chi connectivity index (χ3v) is 7.05. The van der Waals surface area contributed by atoms with Crippen molar-refractivity contribution in [3.8, 4) is 0 Å². The van der Waals surface area contributed by atoms with E-state index in [0.717, 1.165) is 25.2 Å². The molecule has 1 saturated heterocycles. The van der Waals surface area contributed by atoms with Crippen molar-refractivity contribution in [2.24, 2.45) is 0 Å². The van der Waals surface area contributed by atoms with Crippen LogP contribution in [-0.2, 0) is 16.6 Å². The van der Waals surface area contributed by atoms with Gasteiger partial charge in [0, 0.05) is 32.2 Å². The molecule has 1 aliphatic rings. The number of piperazine rings is 1. The number of rotatable bonds is 5. The van der Waals surface area contributed by atoms with E-state index in [1.165, 1.54) is 11.3 Å². The number of nitrogens with one attached hydrogen (secondary N) is 1. The summed E-state index contributed by atoms with van der Waals surface area (Å²) in [6.07, 6.45) is 0. The van der Waals surface area contributed by atoms with E-state index in [0.29, 0.717) is 17.3 Å². The van der Waals surface area contributed by atoms with Gasteiger partial charge in [0.05, 0.1) is 0 Å². The molecule has 1 aliphatic heterocycles. The summed E-state index contributed by atoms with van der Waals surface area (Å²) in [6.45, 7) is 7.64. The minimum atomic E-state index is -3.33. The zero-order valence-electron chi connectivity index (χ0n) is 12.3. The van der Waals surface area contributed by atoms with Gasteiger partial charge in [0.2, 0.25) is 0 Å². The van der Waals surface area contributed by atoms with Crippen molar-refractivity contribution in [1.82, 2.24) is 14.5 Å². The van der Waals surface area contributed by atoms with Gasteiger partial charge in [-0.3, -0.25) is 0 Å². The molecule has 5 nitrogen and oxygen atoms in total. The van der Waals surface area contributed by atoms with E-state index in [1.807, 2.05) is 19.4 Å². The second-order valence-electron chi connectivity index (χ2n) is 5.25. The summed E-state index contributed by atoms with van der Waals surface area (Å²) in [5.74, 6) is 0. The van der Waals surface area contributed by atoms with Crippen molar-refractivity contribution < 1.29 is 8.42 Å². The fourth-order valence-electron chi connectivity index (χ4n) is 2.21. The molecule has 0 bridgehead atoms. The van der Waals surface area contributed by atoms with Gasteiger partial charge in [0.1, 0.15) is 4.21 Å². The van der Waals surface area contributed by atoms with Crippen LogP contribution in [0.1, 0.15) is 19.4 Å². The zero-order chi connectivity index (χ0) is 14.8. The Bertz CT molecular complexity index is 542. The number of sulfonamides is 1. The van der Waals surface area contributed by atoms with E-state index in [2.05, 4.69) is 17.1 Å². The fraction of sp³-hybridized carbons (Fsp3) is 0.692. The first kappa shape index (κ1) is 15.9. The second-order valence-corrected chi connectivity index (χ2v) is 8.32. The van der Waals surface area contributed by atoms with Crippen molar-refractivity contribution in [3.05, 3.63) is 17.0 Å². The number of hydrogen-bond donors (Lipinski definition) is 1. The predicted molar refractivity (Wildman–Crippen MR) is 82.6 cm³/mol. The van der Waals surface area contributed by atoms with Crippen LogP contribution < -0.4 is 5.32 Å². The molecule has 0 aliphatic carbocycles. The minimum Gasteiger partial charge on any atom is -0.313 e. The van der Waals surface area contributed by atoms with E-state index < -0.39 is 10.0 Å². The van der Waals surface area contributed by atoms with Crippen LogP contribution in [0.2, 0.25) is 0 Å². The Hall–Kier alpha value is -0.470. The lowest BCUT2D eigenvalue weighted by molar-refractivity contribution is 0.160. The molecule has 0 radical (unpaired) electrons.